The Bertz CT molecular complexity index is 1170. The van der Waals surface area contributed by atoms with E-state index < -0.39 is 5.97 Å². The van der Waals surface area contributed by atoms with Crippen molar-refractivity contribution in [3.8, 4) is 17.2 Å². The van der Waals surface area contributed by atoms with E-state index in [0.29, 0.717) is 34.4 Å². The molecule has 0 amide bonds. The van der Waals surface area contributed by atoms with Crippen LogP contribution in [0.25, 0.3) is 6.08 Å². The SMILES string of the molecule is COc1cccc(OCCOc2ccc(Cl)cc2C=C2N=C(c3ccccc3)OC2=O)c1. The molecule has 0 saturated carbocycles. The van der Waals surface area contributed by atoms with Crippen molar-refractivity contribution in [1.29, 1.82) is 0 Å². The minimum absolute atomic E-state index is 0.170. The van der Waals surface area contributed by atoms with E-state index >= 15 is 0 Å². The standard InChI is InChI=1S/C25H20ClNO5/c1-29-20-8-5-9-21(16-20)30-12-13-31-23-11-10-19(26)14-18(23)15-22-25(28)32-24(27-22)17-6-3-2-4-7-17/h2-11,14-16H,12-13H2,1H3. The molecule has 3 aromatic carbocycles. The van der Waals surface area contributed by atoms with Crippen LogP contribution in [0.3, 0.4) is 0 Å². The highest BCUT2D eigenvalue weighted by atomic mass is 35.5. The van der Waals surface area contributed by atoms with Crippen molar-refractivity contribution in [3.63, 3.8) is 0 Å². The summed E-state index contributed by atoms with van der Waals surface area (Å²) in [6.45, 7) is 0.613. The molecule has 1 heterocycles. The molecule has 0 N–H and O–H groups in total. The fourth-order valence-electron chi connectivity index (χ4n) is 3.03. The molecule has 3 aromatic rings. The van der Waals surface area contributed by atoms with Crippen molar-refractivity contribution < 1.29 is 23.7 Å². The van der Waals surface area contributed by atoms with Gasteiger partial charge in [-0.25, -0.2) is 9.79 Å². The van der Waals surface area contributed by atoms with Crippen LogP contribution >= 0.6 is 11.6 Å². The van der Waals surface area contributed by atoms with Crippen molar-refractivity contribution in [3.05, 3.63) is 94.6 Å². The number of nitrogens with zero attached hydrogens (tertiary/aromatic N) is 1. The molecule has 0 spiro atoms. The van der Waals surface area contributed by atoms with E-state index in [4.69, 9.17) is 30.5 Å². The zero-order valence-electron chi connectivity index (χ0n) is 17.3. The summed E-state index contributed by atoms with van der Waals surface area (Å²) in [5, 5.41) is 0.510. The fourth-order valence-corrected chi connectivity index (χ4v) is 3.21. The number of esters is 1. The van der Waals surface area contributed by atoms with Crippen LogP contribution < -0.4 is 14.2 Å². The Kier molecular flexibility index (Phi) is 6.72. The highest BCUT2D eigenvalue weighted by Gasteiger charge is 2.24. The molecule has 0 saturated heterocycles. The molecule has 0 bridgehead atoms. The number of carbonyl (C=O) groups is 1. The molecular weight excluding hydrogens is 430 g/mol. The summed E-state index contributed by atoms with van der Waals surface area (Å²) >= 11 is 6.16. The van der Waals surface area contributed by atoms with Gasteiger partial charge < -0.3 is 18.9 Å². The molecule has 0 aliphatic carbocycles. The first-order chi connectivity index (χ1) is 15.6. The number of rotatable bonds is 8. The molecule has 1 aliphatic heterocycles. The van der Waals surface area contributed by atoms with E-state index in [0.717, 1.165) is 5.56 Å². The maximum Gasteiger partial charge on any atom is 0.363 e. The second kappa shape index (κ2) is 10.0. The second-order valence-corrected chi connectivity index (χ2v) is 7.20. The van der Waals surface area contributed by atoms with Crippen LogP contribution in [0.1, 0.15) is 11.1 Å². The van der Waals surface area contributed by atoms with Crippen molar-refractivity contribution >= 4 is 29.5 Å². The number of methoxy groups -OCH3 is 1. The topological polar surface area (TPSA) is 66.3 Å². The summed E-state index contributed by atoms with van der Waals surface area (Å²) in [6, 6.07) is 21.7. The molecule has 0 atom stereocenters. The molecule has 162 valence electrons. The third-order valence-electron chi connectivity index (χ3n) is 4.56. The van der Waals surface area contributed by atoms with Crippen molar-refractivity contribution in [1.82, 2.24) is 0 Å². The average molecular weight is 450 g/mol. The van der Waals surface area contributed by atoms with Crippen LogP contribution in [0.2, 0.25) is 5.02 Å². The summed E-state index contributed by atoms with van der Waals surface area (Å²) < 4.78 is 22.1. The van der Waals surface area contributed by atoms with E-state index in [1.165, 1.54) is 0 Å². The number of ether oxygens (including phenoxy) is 4. The number of halogens is 1. The predicted molar refractivity (Wildman–Crippen MR) is 122 cm³/mol. The molecule has 1 aliphatic rings. The van der Waals surface area contributed by atoms with Crippen LogP contribution in [-0.2, 0) is 9.53 Å². The van der Waals surface area contributed by atoms with E-state index in [1.807, 2.05) is 48.5 Å². The molecule has 7 heteroatoms. The normalized spacial score (nSPS) is 14.1. The number of benzene rings is 3. The van der Waals surface area contributed by atoms with Gasteiger partial charge in [0.1, 0.15) is 30.5 Å². The first kappa shape index (κ1) is 21.5. The smallest absolute Gasteiger partial charge is 0.363 e. The third-order valence-corrected chi connectivity index (χ3v) is 4.79. The van der Waals surface area contributed by atoms with Gasteiger partial charge in [0, 0.05) is 22.2 Å². The molecule has 4 rings (SSSR count). The Hall–Kier alpha value is -3.77. The first-order valence-corrected chi connectivity index (χ1v) is 10.3. The Morgan fingerprint density at radius 2 is 1.72 bits per heavy atom. The zero-order valence-corrected chi connectivity index (χ0v) is 18.0. The summed E-state index contributed by atoms with van der Waals surface area (Å²) in [6.07, 6.45) is 1.60. The van der Waals surface area contributed by atoms with Gasteiger partial charge in [-0.1, -0.05) is 35.9 Å². The van der Waals surface area contributed by atoms with Crippen LogP contribution in [0.5, 0.6) is 17.2 Å². The molecular formula is C25H20ClNO5. The fraction of sp³-hybridized carbons (Fsp3) is 0.120. The Balaban J connectivity index is 1.46. The lowest BCUT2D eigenvalue weighted by atomic mass is 10.1. The van der Waals surface area contributed by atoms with Gasteiger partial charge >= 0.3 is 5.97 Å². The molecule has 0 radical (unpaired) electrons. The first-order valence-electron chi connectivity index (χ1n) is 9.89. The summed E-state index contributed by atoms with van der Waals surface area (Å²) in [7, 11) is 1.60. The van der Waals surface area contributed by atoms with E-state index in [2.05, 4.69) is 4.99 Å². The van der Waals surface area contributed by atoms with Gasteiger partial charge in [0.25, 0.3) is 0 Å². The quantitative estimate of drug-likeness (QED) is 0.270. The average Bonchev–Trinajstić information content (AvgIpc) is 3.19. The van der Waals surface area contributed by atoms with E-state index in [-0.39, 0.29) is 18.2 Å². The Labute approximate surface area is 190 Å². The van der Waals surface area contributed by atoms with Gasteiger partial charge in [0.2, 0.25) is 5.90 Å². The number of hydrogen-bond acceptors (Lipinski definition) is 6. The van der Waals surface area contributed by atoms with E-state index in [9.17, 15) is 4.79 Å². The second-order valence-electron chi connectivity index (χ2n) is 6.76. The summed E-state index contributed by atoms with van der Waals surface area (Å²) in [4.78, 5) is 16.6. The minimum Gasteiger partial charge on any atom is -0.497 e. The summed E-state index contributed by atoms with van der Waals surface area (Å²) in [5.74, 6) is 1.68. The van der Waals surface area contributed by atoms with Crippen LogP contribution in [0.4, 0.5) is 0 Å². The molecule has 0 unspecified atom stereocenters. The highest BCUT2D eigenvalue weighted by Crippen LogP contribution is 2.28. The van der Waals surface area contributed by atoms with Crippen LogP contribution in [-0.4, -0.2) is 32.2 Å². The molecule has 0 fully saturated rings. The monoisotopic (exact) mass is 449 g/mol. The maximum absolute atomic E-state index is 12.3. The van der Waals surface area contributed by atoms with Crippen molar-refractivity contribution in [2.24, 2.45) is 4.99 Å². The van der Waals surface area contributed by atoms with Crippen molar-refractivity contribution in [2.75, 3.05) is 20.3 Å². The van der Waals surface area contributed by atoms with E-state index in [1.54, 1.807) is 37.5 Å². The van der Waals surface area contributed by atoms with Crippen LogP contribution in [0.15, 0.2) is 83.5 Å². The lowest BCUT2D eigenvalue weighted by molar-refractivity contribution is -0.129. The van der Waals surface area contributed by atoms with Gasteiger partial charge in [-0.05, 0) is 48.5 Å². The third kappa shape index (κ3) is 5.28. The summed E-state index contributed by atoms with van der Waals surface area (Å²) in [5.41, 5.74) is 1.51. The number of hydrogen-bond donors (Lipinski definition) is 0. The number of cyclic esters (lactones) is 1. The number of carbonyl (C=O) groups excluding carboxylic acids is 1. The Morgan fingerprint density at radius 3 is 2.53 bits per heavy atom. The predicted octanol–water partition coefficient (Wildman–Crippen LogP) is 5.15. The maximum atomic E-state index is 12.3. The molecule has 0 aromatic heterocycles. The van der Waals surface area contributed by atoms with Gasteiger partial charge in [-0.2, -0.15) is 0 Å². The van der Waals surface area contributed by atoms with Crippen LogP contribution in [0, 0.1) is 0 Å². The lowest BCUT2D eigenvalue weighted by Crippen LogP contribution is -2.09. The molecule has 6 nitrogen and oxygen atoms in total. The number of aliphatic imine (C=N–C) groups is 1. The lowest BCUT2D eigenvalue weighted by Gasteiger charge is -2.11. The van der Waals surface area contributed by atoms with Gasteiger partial charge in [-0.3, -0.25) is 0 Å². The Morgan fingerprint density at radius 1 is 0.938 bits per heavy atom. The molecule has 32 heavy (non-hydrogen) atoms. The minimum atomic E-state index is -0.531. The van der Waals surface area contributed by atoms with Gasteiger partial charge in [-0.15, -0.1) is 0 Å². The largest absolute Gasteiger partial charge is 0.497 e. The zero-order chi connectivity index (χ0) is 22.3. The highest BCUT2D eigenvalue weighted by molar-refractivity contribution is 6.30. The van der Waals surface area contributed by atoms with Gasteiger partial charge in [0.05, 0.1) is 7.11 Å². The van der Waals surface area contributed by atoms with Crippen molar-refractivity contribution in [2.45, 2.75) is 0 Å². The van der Waals surface area contributed by atoms with Gasteiger partial charge in [0.15, 0.2) is 5.70 Å².